The Morgan fingerprint density at radius 1 is 1.25 bits per heavy atom. The summed E-state index contributed by atoms with van der Waals surface area (Å²) in [4.78, 5) is 0. The second-order valence-electron chi connectivity index (χ2n) is 5.17. The molecule has 0 radical (unpaired) electrons. The van der Waals surface area contributed by atoms with Crippen LogP contribution in [0.15, 0.2) is 58.9 Å². The number of rotatable bonds is 3. The van der Waals surface area contributed by atoms with Crippen LogP contribution in [-0.4, -0.2) is 18.6 Å². The Labute approximate surface area is 135 Å². The third-order valence-electron chi connectivity index (χ3n) is 3.55. The van der Waals surface area contributed by atoms with Crippen molar-refractivity contribution in [1.82, 2.24) is 5.16 Å². The molecule has 1 atom stereocenters. The third-order valence-corrected chi connectivity index (χ3v) is 3.55. The molecule has 1 aliphatic rings. The lowest BCUT2D eigenvalue weighted by Gasteiger charge is -2.14. The number of hydrogen-bond donors (Lipinski definition) is 0. The Kier molecular flexibility index (Phi) is 4.33. The predicted octanol–water partition coefficient (Wildman–Crippen LogP) is 4.86. The monoisotopic (exact) mass is 337 g/mol. The normalized spacial score (nSPS) is 21.7. The van der Waals surface area contributed by atoms with E-state index in [2.05, 4.69) is 9.89 Å². The predicted molar refractivity (Wildman–Crippen MR) is 81.4 cm³/mol. The topological polar surface area (TPSA) is 44.5 Å². The van der Waals surface area contributed by atoms with Crippen molar-refractivity contribution in [3.8, 4) is 5.88 Å². The number of nitrogens with zero attached hydrogens (tertiary/aromatic N) is 1. The lowest BCUT2D eigenvalue weighted by atomic mass is 9.95. The van der Waals surface area contributed by atoms with Gasteiger partial charge in [-0.25, -0.2) is 0 Å². The van der Waals surface area contributed by atoms with Gasteiger partial charge >= 0.3 is 6.36 Å². The number of ether oxygens (including phenoxy) is 2. The molecule has 1 heterocycles. The van der Waals surface area contributed by atoms with E-state index >= 15 is 0 Å². The molecule has 2 aromatic rings. The van der Waals surface area contributed by atoms with E-state index in [9.17, 15) is 13.2 Å². The zero-order valence-electron chi connectivity index (χ0n) is 12.7. The summed E-state index contributed by atoms with van der Waals surface area (Å²) in [5, 5.41) is 4.56. The molecule has 1 unspecified atom stereocenters. The zero-order valence-corrected chi connectivity index (χ0v) is 12.7. The summed E-state index contributed by atoms with van der Waals surface area (Å²) in [7, 11) is 1.51. The van der Waals surface area contributed by atoms with E-state index in [1.165, 1.54) is 13.2 Å². The van der Waals surface area contributed by atoms with Gasteiger partial charge in [-0.05, 0) is 28.9 Å². The van der Waals surface area contributed by atoms with Crippen LogP contribution in [0.25, 0.3) is 11.0 Å². The maximum Gasteiger partial charge on any atom is 0.572 e. The van der Waals surface area contributed by atoms with Crippen LogP contribution in [0.4, 0.5) is 13.2 Å². The van der Waals surface area contributed by atoms with Gasteiger partial charge in [-0.2, -0.15) is 0 Å². The van der Waals surface area contributed by atoms with Gasteiger partial charge in [0.15, 0.2) is 5.58 Å². The molecule has 24 heavy (non-hydrogen) atoms. The minimum atomic E-state index is -4.68. The van der Waals surface area contributed by atoms with Crippen LogP contribution >= 0.6 is 0 Å². The second-order valence-corrected chi connectivity index (χ2v) is 5.17. The van der Waals surface area contributed by atoms with Gasteiger partial charge in [-0.3, -0.25) is 0 Å². The highest BCUT2D eigenvalue weighted by molar-refractivity contribution is 5.83. The van der Waals surface area contributed by atoms with E-state index < -0.39 is 6.36 Å². The fraction of sp³-hybridized carbons (Fsp3) is 0.235. The smallest absolute Gasteiger partial charge is 0.478 e. The molecular weight excluding hydrogens is 323 g/mol. The number of fused-ring (bicyclic) bond motifs is 1. The van der Waals surface area contributed by atoms with Crippen LogP contribution in [0.2, 0.25) is 0 Å². The van der Waals surface area contributed by atoms with Crippen LogP contribution in [-0.2, 0) is 4.74 Å². The largest absolute Gasteiger partial charge is 0.572 e. The van der Waals surface area contributed by atoms with Crippen molar-refractivity contribution < 1.29 is 27.2 Å². The second kappa shape index (κ2) is 6.43. The van der Waals surface area contributed by atoms with Gasteiger partial charge in [0, 0.05) is 12.3 Å². The van der Waals surface area contributed by atoms with E-state index in [0.717, 1.165) is 10.9 Å². The Morgan fingerprint density at radius 2 is 2.08 bits per heavy atom. The maximum absolute atomic E-state index is 12.3. The number of halogens is 3. The molecule has 1 aromatic carbocycles. The Balaban J connectivity index is 1.86. The van der Waals surface area contributed by atoms with Crippen molar-refractivity contribution in [3.63, 3.8) is 0 Å². The molecule has 0 spiro atoms. The summed E-state index contributed by atoms with van der Waals surface area (Å²) in [5.41, 5.74) is 1.56. The lowest BCUT2D eigenvalue weighted by Crippen LogP contribution is -2.12. The van der Waals surface area contributed by atoms with Crippen LogP contribution < -0.4 is 4.74 Å². The minimum Gasteiger partial charge on any atom is -0.478 e. The van der Waals surface area contributed by atoms with E-state index in [4.69, 9.17) is 9.26 Å². The summed E-state index contributed by atoms with van der Waals surface area (Å²) >= 11 is 0. The highest BCUT2D eigenvalue weighted by atomic mass is 19.4. The first-order valence-electron chi connectivity index (χ1n) is 7.19. The van der Waals surface area contributed by atoms with Crippen molar-refractivity contribution >= 4 is 11.0 Å². The molecule has 0 saturated heterocycles. The standard InChI is InChI=1S/C17H14F3NO3/c1-22-16-14-10-12(8-9-15(14)24-21-16)11-4-2-6-13(7-3-5-11)23-17(18,19)20/h2-6,8-11H,7H2,1H3/b4-2?,5-3-,13-6+. The van der Waals surface area contributed by atoms with Crippen LogP contribution in [0.3, 0.4) is 0 Å². The van der Waals surface area contributed by atoms with E-state index in [-0.39, 0.29) is 18.1 Å². The molecule has 1 aromatic heterocycles. The molecule has 3 rings (SSSR count). The van der Waals surface area contributed by atoms with E-state index in [1.54, 1.807) is 24.3 Å². The molecule has 0 fully saturated rings. The molecule has 1 aliphatic carbocycles. The SMILES string of the molecule is COc1noc2ccc(C3C=C/C=C(/OC(F)(F)F)C/C=C\3)cc12. The number of benzene rings is 1. The van der Waals surface area contributed by atoms with Crippen molar-refractivity contribution in [2.45, 2.75) is 18.7 Å². The first-order valence-corrected chi connectivity index (χ1v) is 7.19. The van der Waals surface area contributed by atoms with Gasteiger partial charge < -0.3 is 14.0 Å². The molecule has 0 bridgehead atoms. The third kappa shape index (κ3) is 3.61. The number of allylic oxidation sites excluding steroid dienone is 5. The first kappa shape index (κ1) is 16.2. The summed E-state index contributed by atoms with van der Waals surface area (Å²) < 4.78 is 51.0. The van der Waals surface area contributed by atoms with Crippen molar-refractivity contribution in [1.29, 1.82) is 0 Å². The first-order chi connectivity index (χ1) is 11.5. The molecule has 0 N–H and O–H groups in total. The zero-order chi connectivity index (χ0) is 17.2. The molecule has 126 valence electrons. The van der Waals surface area contributed by atoms with E-state index in [0.29, 0.717) is 11.5 Å². The highest BCUT2D eigenvalue weighted by Gasteiger charge is 2.31. The molecule has 7 heteroatoms. The highest BCUT2D eigenvalue weighted by Crippen LogP contribution is 2.31. The minimum absolute atomic E-state index is 0.0686. The summed E-state index contributed by atoms with van der Waals surface area (Å²) in [5.74, 6) is 0.161. The van der Waals surface area contributed by atoms with Gasteiger partial charge in [-0.15, -0.1) is 13.2 Å². The van der Waals surface area contributed by atoms with Gasteiger partial charge in [0.1, 0.15) is 5.76 Å². The molecular formula is C17H14F3NO3. The quantitative estimate of drug-likeness (QED) is 0.751. The number of hydrogen-bond acceptors (Lipinski definition) is 4. The fourth-order valence-corrected chi connectivity index (χ4v) is 2.48. The lowest BCUT2D eigenvalue weighted by molar-refractivity contribution is -0.305. The Bertz CT molecular complexity index is 818. The number of aromatic nitrogens is 1. The average Bonchev–Trinajstić information content (AvgIpc) is 2.90. The Hall–Kier alpha value is -2.70. The summed E-state index contributed by atoms with van der Waals surface area (Å²) in [6.07, 6.45) is 3.54. The van der Waals surface area contributed by atoms with Crippen molar-refractivity contribution in [2.75, 3.05) is 7.11 Å². The van der Waals surface area contributed by atoms with Crippen LogP contribution in [0, 0.1) is 0 Å². The number of alkyl halides is 3. The molecule has 0 amide bonds. The van der Waals surface area contributed by atoms with E-state index in [1.807, 2.05) is 18.2 Å². The fourth-order valence-electron chi connectivity index (χ4n) is 2.48. The summed E-state index contributed by atoms with van der Waals surface area (Å²) in [6, 6.07) is 5.56. The van der Waals surface area contributed by atoms with Gasteiger partial charge in [0.25, 0.3) is 5.88 Å². The average molecular weight is 337 g/mol. The summed E-state index contributed by atoms with van der Waals surface area (Å²) in [6.45, 7) is 0. The van der Waals surface area contributed by atoms with Crippen LogP contribution in [0.1, 0.15) is 17.9 Å². The Morgan fingerprint density at radius 3 is 2.83 bits per heavy atom. The van der Waals surface area contributed by atoms with Crippen molar-refractivity contribution in [3.05, 3.63) is 59.9 Å². The number of methoxy groups -OCH3 is 1. The molecule has 0 saturated carbocycles. The van der Waals surface area contributed by atoms with Crippen LogP contribution in [0.5, 0.6) is 5.88 Å². The van der Waals surface area contributed by atoms with Gasteiger partial charge in [0.05, 0.1) is 12.5 Å². The van der Waals surface area contributed by atoms with Gasteiger partial charge in [0.2, 0.25) is 0 Å². The molecule has 4 nitrogen and oxygen atoms in total. The molecule has 0 aliphatic heterocycles. The van der Waals surface area contributed by atoms with Crippen molar-refractivity contribution in [2.24, 2.45) is 0 Å². The maximum atomic E-state index is 12.3. The van der Waals surface area contributed by atoms with Gasteiger partial charge in [-0.1, -0.05) is 30.4 Å².